The van der Waals surface area contributed by atoms with Gasteiger partial charge in [-0.25, -0.2) is 0 Å². The molecule has 5 fully saturated rings. The first kappa shape index (κ1) is 19.2. The maximum absolute atomic E-state index is 6.07. The predicted octanol–water partition coefficient (Wildman–Crippen LogP) is 1.54. The summed E-state index contributed by atoms with van der Waals surface area (Å²) in [4.78, 5) is 9.74. The Labute approximate surface area is 174 Å². The van der Waals surface area contributed by atoms with Gasteiger partial charge in [-0.3, -0.25) is 9.89 Å². The summed E-state index contributed by atoms with van der Waals surface area (Å²) in [5, 5.41) is 3.89. The number of aliphatic imine (C=N–C) groups is 1. The minimum atomic E-state index is 0. The van der Waals surface area contributed by atoms with Gasteiger partial charge in [0.1, 0.15) is 0 Å². The minimum Gasteiger partial charge on any atom is -0.379 e. The number of halogens is 1. The standard InChI is InChI=1S/C19H32N4O2.HI/c1-20-18(23-7-3-14(13-23)22-8-11-24-12-9-22)21-16-15-4-10-25-17(15)19(16)5-2-6-19;/h14-17H,2-13H2,1H3,(H,20,21);1H. The Morgan fingerprint density at radius 1 is 1.12 bits per heavy atom. The highest BCUT2D eigenvalue weighted by atomic mass is 127. The van der Waals surface area contributed by atoms with Crippen molar-refractivity contribution in [2.24, 2.45) is 16.3 Å². The van der Waals surface area contributed by atoms with E-state index in [-0.39, 0.29) is 24.0 Å². The topological polar surface area (TPSA) is 49.3 Å². The van der Waals surface area contributed by atoms with Crippen LogP contribution in [0.1, 0.15) is 32.1 Å². The molecular formula is C19H33IN4O2. The van der Waals surface area contributed by atoms with Crippen molar-refractivity contribution in [1.82, 2.24) is 15.1 Å². The third kappa shape index (κ3) is 2.97. The van der Waals surface area contributed by atoms with E-state index in [9.17, 15) is 0 Å². The van der Waals surface area contributed by atoms with E-state index in [2.05, 4.69) is 20.1 Å². The second-order valence-corrected chi connectivity index (χ2v) is 8.54. The lowest BCUT2D eigenvalue weighted by molar-refractivity contribution is -0.171. The van der Waals surface area contributed by atoms with Crippen molar-refractivity contribution in [3.05, 3.63) is 0 Å². The number of nitrogens with one attached hydrogen (secondary N) is 1. The average Bonchev–Trinajstić information content (AvgIpc) is 3.24. The molecule has 5 rings (SSSR count). The first-order chi connectivity index (χ1) is 12.3. The lowest BCUT2D eigenvalue weighted by atomic mass is 9.46. The molecule has 7 heteroatoms. The van der Waals surface area contributed by atoms with Crippen LogP contribution in [0.15, 0.2) is 4.99 Å². The van der Waals surface area contributed by atoms with Crippen LogP contribution in [0.5, 0.6) is 0 Å². The smallest absolute Gasteiger partial charge is 0.193 e. The summed E-state index contributed by atoms with van der Waals surface area (Å²) in [5.74, 6) is 1.83. The number of nitrogens with zero attached hydrogens (tertiary/aromatic N) is 3. The summed E-state index contributed by atoms with van der Waals surface area (Å²) in [5.41, 5.74) is 0.417. The number of ether oxygens (including phenoxy) is 2. The molecule has 3 heterocycles. The van der Waals surface area contributed by atoms with Gasteiger partial charge in [0.2, 0.25) is 0 Å². The average molecular weight is 476 g/mol. The van der Waals surface area contributed by atoms with Crippen molar-refractivity contribution in [3.63, 3.8) is 0 Å². The highest BCUT2D eigenvalue weighted by molar-refractivity contribution is 14.0. The number of hydrogen-bond donors (Lipinski definition) is 1. The Morgan fingerprint density at radius 3 is 2.62 bits per heavy atom. The second kappa shape index (κ2) is 7.72. The fourth-order valence-electron chi connectivity index (χ4n) is 6.07. The van der Waals surface area contributed by atoms with E-state index in [4.69, 9.17) is 9.47 Å². The Morgan fingerprint density at radius 2 is 1.92 bits per heavy atom. The van der Waals surface area contributed by atoms with Crippen LogP contribution in [-0.4, -0.2) is 87.0 Å². The Kier molecular flexibility index (Phi) is 5.70. The van der Waals surface area contributed by atoms with Gasteiger partial charge < -0.3 is 19.7 Å². The Bertz CT molecular complexity index is 536. The van der Waals surface area contributed by atoms with Gasteiger partial charge in [-0.2, -0.15) is 0 Å². The van der Waals surface area contributed by atoms with Gasteiger partial charge in [-0.15, -0.1) is 24.0 Å². The van der Waals surface area contributed by atoms with Crippen LogP contribution < -0.4 is 5.32 Å². The molecule has 26 heavy (non-hydrogen) atoms. The van der Waals surface area contributed by atoms with Gasteiger partial charge >= 0.3 is 0 Å². The quantitative estimate of drug-likeness (QED) is 0.373. The monoisotopic (exact) mass is 476 g/mol. The summed E-state index contributed by atoms with van der Waals surface area (Å²) in [6.07, 6.45) is 7.02. The lowest BCUT2D eigenvalue weighted by Crippen LogP contribution is -2.72. The van der Waals surface area contributed by atoms with Crippen LogP contribution in [0.4, 0.5) is 0 Å². The van der Waals surface area contributed by atoms with Crippen LogP contribution in [0, 0.1) is 11.3 Å². The Hall–Kier alpha value is -0.120. The van der Waals surface area contributed by atoms with Crippen molar-refractivity contribution in [2.45, 2.75) is 50.3 Å². The summed E-state index contributed by atoms with van der Waals surface area (Å²) in [7, 11) is 1.94. The second-order valence-electron chi connectivity index (χ2n) is 8.54. The minimum absolute atomic E-state index is 0. The first-order valence-electron chi connectivity index (χ1n) is 10.2. The molecule has 0 bridgehead atoms. The summed E-state index contributed by atoms with van der Waals surface area (Å²) in [6, 6.07) is 1.24. The van der Waals surface area contributed by atoms with Crippen LogP contribution in [0.2, 0.25) is 0 Å². The zero-order valence-electron chi connectivity index (χ0n) is 15.9. The zero-order chi connectivity index (χ0) is 16.9. The molecule has 4 unspecified atom stereocenters. The molecule has 1 N–H and O–H groups in total. The summed E-state index contributed by atoms with van der Waals surface area (Å²) < 4.78 is 11.6. The van der Waals surface area contributed by atoms with E-state index < -0.39 is 0 Å². The third-order valence-corrected chi connectivity index (χ3v) is 7.56. The lowest BCUT2D eigenvalue weighted by Gasteiger charge is -2.63. The van der Waals surface area contributed by atoms with Crippen molar-refractivity contribution in [2.75, 3.05) is 53.0 Å². The molecule has 6 nitrogen and oxygen atoms in total. The number of morpholine rings is 1. The molecular weight excluding hydrogens is 443 g/mol. The van der Waals surface area contributed by atoms with Gasteiger partial charge in [0.15, 0.2) is 5.96 Å². The Balaban J connectivity index is 0.00000168. The largest absolute Gasteiger partial charge is 0.379 e. The van der Waals surface area contributed by atoms with Crippen LogP contribution in [-0.2, 0) is 9.47 Å². The van der Waals surface area contributed by atoms with Crippen LogP contribution >= 0.6 is 24.0 Å². The number of likely N-dealkylation sites (tertiary alicyclic amines) is 1. The molecule has 4 atom stereocenters. The normalized spacial score (nSPS) is 39.1. The SMILES string of the molecule is CN=C(NC1C2CCOC2C12CCC2)N1CCC(N2CCOCC2)C1.I. The third-order valence-electron chi connectivity index (χ3n) is 7.56. The number of guanidine groups is 1. The molecule has 148 valence electrons. The first-order valence-corrected chi connectivity index (χ1v) is 10.2. The van der Waals surface area contributed by atoms with E-state index in [1.165, 1.54) is 32.1 Å². The molecule has 0 aromatic carbocycles. The van der Waals surface area contributed by atoms with E-state index in [1.807, 2.05) is 7.05 Å². The fraction of sp³-hybridized carbons (Fsp3) is 0.947. The molecule has 3 saturated heterocycles. The molecule has 0 radical (unpaired) electrons. The summed E-state index contributed by atoms with van der Waals surface area (Å²) in [6.45, 7) is 7.11. The molecule has 2 aliphatic carbocycles. The number of fused-ring (bicyclic) bond motifs is 2. The van der Waals surface area contributed by atoms with E-state index in [1.54, 1.807) is 0 Å². The highest BCUT2D eigenvalue weighted by Gasteiger charge is 2.66. The molecule has 5 aliphatic rings. The molecule has 2 saturated carbocycles. The predicted molar refractivity (Wildman–Crippen MR) is 112 cm³/mol. The molecule has 0 aromatic rings. The van der Waals surface area contributed by atoms with Crippen molar-refractivity contribution >= 4 is 29.9 Å². The van der Waals surface area contributed by atoms with Gasteiger partial charge in [-0.1, -0.05) is 6.42 Å². The highest BCUT2D eigenvalue weighted by Crippen LogP contribution is 2.62. The van der Waals surface area contributed by atoms with Gasteiger partial charge in [-0.05, 0) is 25.7 Å². The van der Waals surface area contributed by atoms with E-state index >= 15 is 0 Å². The van der Waals surface area contributed by atoms with E-state index in [0.717, 1.165) is 52.0 Å². The van der Waals surface area contributed by atoms with Crippen LogP contribution in [0.25, 0.3) is 0 Å². The fourth-order valence-corrected chi connectivity index (χ4v) is 6.07. The van der Waals surface area contributed by atoms with Crippen molar-refractivity contribution in [1.29, 1.82) is 0 Å². The molecule has 3 aliphatic heterocycles. The maximum Gasteiger partial charge on any atom is 0.193 e. The number of hydrogen-bond acceptors (Lipinski definition) is 4. The maximum atomic E-state index is 6.07. The molecule has 1 spiro atoms. The van der Waals surface area contributed by atoms with Crippen LogP contribution in [0.3, 0.4) is 0 Å². The molecule has 0 aromatic heterocycles. The van der Waals surface area contributed by atoms with Crippen molar-refractivity contribution in [3.8, 4) is 0 Å². The van der Waals surface area contributed by atoms with E-state index in [0.29, 0.717) is 29.5 Å². The number of rotatable bonds is 2. The van der Waals surface area contributed by atoms with Gasteiger partial charge in [0.25, 0.3) is 0 Å². The van der Waals surface area contributed by atoms with Gasteiger partial charge in [0, 0.05) is 63.3 Å². The van der Waals surface area contributed by atoms with Gasteiger partial charge in [0.05, 0.1) is 19.3 Å². The zero-order valence-corrected chi connectivity index (χ0v) is 18.2. The summed E-state index contributed by atoms with van der Waals surface area (Å²) >= 11 is 0. The van der Waals surface area contributed by atoms with Crippen molar-refractivity contribution < 1.29 is 9.47 Å². The molecule has 0 amide bonds.